The van der Waals surface area contributed by atoms with E-state index in [1.165, 1.54) is 19.2 Å². The first-order valence-electron chi connectivity index (χ1n) is 12.6. The first kappa shape index (κ1) is 28.4. The zero-order valence-electron chi connectivity index (χ0n) is 22.2. The molecule has 40 heavy (non-hydrogen) atoms. The second-order valence-corrected chi connectivity index (χ2v) is 9.26. The van der Waals surface area contributed by atoms with Crippen molar-refractivity contribution in [1.82, 2.24) is 14.1 Å². The Balaban J connectivity index is 1.66. The van der Waals surface area contributed by atoms with Gasteiger partial charge in [-0.25, -0.2) is 4.79 Å². The van der Waals surface area contributed by atoms with Gasteiger partial charge in [0.05, 0.1) is 12.2 Å². The van der Waals surface area contributed by atoms with Crippen LogP contribution < -0.4 is 11.2 Å². The Bertz CT molecular complexity index is 1500. The summed E-state index contributed by atoms with van der Waals surface area (Å²) in [5.41, 5.74) is 1.19. The number of carbonyl (C=O) groups excluding carboxylic acids is 3. The number of aromatic nitrogens is 3. The minimum absolute atomic E-state index is 0.129. The van der Waals surface area contributed by atoms with E-state index in [0.29, 0.717) is 12.1 Å². The molecule has 0 spiro atoms. The van der Waals surface area contributed by atoms with Gasteiger partial charge in [0.1, 0.15) is 12.7 Å². The van der Waals surface area contributed by atoms with Crippen LogP contribution in [0.5, 0.6) is 0 Å². The van der Waals surface area contributed by atoms with Gasteiger partial charge in [-0.15, -0.1) is 0 Å². The van der Waals surface area contributed by atoms with Crippen LogP contribution in [0.15, 0.2) is 70.5 Å². The van der Waals surface area contributed by atoms with Crippen LogP contribution in [0, 0.1) is 0 Å². The van der Waals surface area contributed by atoms with Gasteiger partial charge in [0.25, 0.3) is 5.56 Å². The van der Waals surface area contributed by atoms with E-state index >= 15 is 0 Å². The third-order valence-corrected chi connectivity index (χ3v) is 6.16. The number of nitrogens with zero attached hydrogens (tertiary/aromatic N) is 3. The average Bonchev–Trinajstić information content (AvgIpc) is 3.21. The number of pyridine rings is 1. The monoisotopic (exact) mass is 551 g/mol. The van der Waals surface area contributed by atoms with Gasteiger partial charge < -0.3 is 18.9 Å². The van der Waals surface area contributed by atoms with Crippen molar-refractivity contribution < 1.29 is 33.3 Å². The fraction of sp³-hybridized carbons (Fsp3) is 0.357. The van der Waals surface area contributed by atoms with E-state index in [4.69, 9.17) is 18.9 Å². The lowest BCUT2D eigenvalue weighted by atomic mass is 10.1. The predicted octanol–water partition coefficient (Wildman–Crippen LogP) is 1.37. The maximum absolute atomic E-state index is 13.6. The van der Waals surface area contributed by atoms with Gasteiger partial charge in [-0.2, -0.15) is 0 Å². The van der Waals surface area contributed by atoms with E-state index in [9.17, 15) is 24.0 Å². The Kier molecular flexibility index (Phi) is 8.90. The van der Waals surface area contributed by atoms with Gasteiger partial charge in [-0.05, 0) is 29.7 Å². The van der Waals surface area contributed by atoms with E-state index in [2.05, 4.69) is 4.98 Å². The molecule has 12 heteroatoms. The largest absolute Gasteiger partial charge is 0.463 e. The van der Waals surface area contributed by atoms with Crippen LogP contribution in [0.1, 0.15) is 43.8 Å². The summed E-state index contributed by atoms with van der Waals surface area (Å²) in [4.78, 5) is 65.8. The predicted molar refractivity (Wildman–Crippen MR) is 139 cm³/mol. The van der Waals surface area contributed by atoms with Crippen LogP contribution in [0.4, 0.5) is 0 Å². The zero-order chi connectivity index (χ0) is 28.8. The van der Waals surface area contributed by atoms with Gasteiger partial charge >= 0.3 is 23.6 Å². The van der Waals surface area contributed by atoms with Crippen molar-refractivity contribution in [2.75, 3.05) is 6.61 Å². The average molecular weight is 552 g/mol. The molecule has 2 unspecified atom stereocenters. The smallest absolute Gasteiger partial charge is 0.333 e. The molecule has 210 valence electrons. The summed E-state index contributed by atoms with van der Waals surface area (Å²) >= 11 is 0. The molecule has 1 fully saturated rings. The van der Waals surface area contributed by atoms with Crippen LogP contribution in [-0.4, -0.2) is 56.9 Å². The van der Waals surface area contributed by atoms with Crippen molar-refractivity contribution in [2.45, 2.75) is 58.3 Å². The Labute approximate surface area is 229 Å². The summed E-state index contributed by atoms with van der Waals surface area (Å²) in [6, 6.07) is 14.7. The van der Waals surface area contributed by atoms with Crippen molar-refractivity contribution in [3.05, 3.63) is 98.6 Å². The Morgan fingerprint density at radius 1 is 0.900 bits per heavy atom. The van der Waals surface area contributed by atoms with E-state index in [0.717, 1.165) is 34.1 Å². The van der Waals surface area contributed by atoms with Gasteiger partial charge in [-0.1, -0.05) is 30.3 Å². The molecule has 0 saturated carbocycles. The fourth-order valence-electron chi connectivity index (χ4n) is 4.51. The SMILES string of the molecule is CC(=O)OC[C@H]1O[C@@H](n2ccc(=O)n(Cc3cc(Cc4ccccc4)ccn3)c2=O)C(OC(C)=O)C1OC(C)=O. The van der Waals surface area contributed by atoms with E-state index in [1.54, 1.807) is 6.20 Å². The van der Waals surface area contributed by atoms with Gasteiger partial charge in [-0.3, -0.25) is 33.3 Å². The van der Waals surface area contributed by atoms with E-state index in [-0.39, 0.29) is 13.2 Å². The van der Waals surface area contributed by atoms with Crippen molar-refractivity contribution in [2.24, 2.45) is 0 Å². The molecule has 0 bridgehead atoms. The molecule has 0 aliphatic carbocycles. The first-order chi connectivity index (χ1) is 19.1. The third kappa shape index (κ3) is 6.89. The molecular formula is C28H29N3O9. The quantitative estimate of drug-likeness (QED) is 0.282. The number of esters is 3. The zero-order valence-corrected chi connectivity index (χ0v) is 22.2. The molecule has 1 aromatic carbocycles. The molecule has 0 radical (unpaired) electrons. The van der Waals surface area contributed by atoms with Crippen molar-refractivity contribution in [3.8, 4) is 0 Å². The number of carbonyl (C=O) groups is 3. The lowest BCUT2D eigenvalue weighted by Crippen LogP contribution is -2.45. The Morgan fingerprint density at radius 2 is 1.60 bits per heavy atom. The second kappa shape index (κ2) is 12.5. The van der Waals surface area contributed by atoms with Crippen molar-refractivity contribution in [3.63, 3.8) is 0 Å². The summed E-state index contributed by atoms with van der Waals surface area (Å²) in [5.74, 6) is -2.02. The number of ether oxygens (including phenoxy) is 4. The fourth-order valence-corrected chi connectivity index (χ4v) is 4.51. The highest BCUT2D eigenvalue weighted by molar-refractivity contribution is 5.68. The Hall–Kier alpha value is -4.58. The lowest BCUT2D eigenvalue weighted by molar-refractivity contribution is -0.166. The molecule has 2 aromatic heterocycles. The summed E-state index contributed by atoms with van der Waals surface area (Å²) in [6.45, 7) is 3.05. The number of hydrogen-bond acceptors (Lipinski definition) is 10. The highest BCUT2D eigenvalue weighted by atomic mass is 16.7. The number of benzene rings is 1. The molecule has 3 aromatic rings. The molecule has 4 rings (SSSR count). The van der Waals surface area contributed by atoms with Crippen LogP contribution in [-0.2, 0) is 46.3 Å². The second-order valence-electron chi connectivity index (χ2n) is 9.26. The van der Waals surface area contributed by atoms with Gasteiger partial charge in [0.15, 0.2) is 18.4 Å². The number of rotatable bonds is 9. The van der Waals surface area contributed by atoms with Crippen molar-refractivity contribution in [1.29, 1.82) is 0 Å². The maximum atomic E-state index is 13.6. The van der Waals surface area contributed by atoms with Crippen LogP contribution >= 0.6 is 0 Å². The minimum atomic E-state index is -1.29. The molecule has 0 N–H and O–H groups in total. The molecule has 1 aliphatic heterocycles. The molecular weight excluding hydrogens is 522 g/mol. The van der Waals surface area contributed by atoms with Gasteiger partial charge in [0.2, 0.25) is 0 Å². The summed E-state index contributed by atoms with van der Waals surface area (Å²) in [5, 5.41) is 0. The molecule has 12 nitrogen and oxygen atoms in total. The molecule has 1 saturated heterocycles. The van der Waals surface area contributed by atoms with E-state index in [1.807, 2.05) is 42.5 Å². The molecule has 0 amide bonds. The normalized spacial score (nSPS) is 20.1. The maximum Gasteiger partial charge on any atom is 0.333 e. The van der Waals surface area contributed by atoms with Crippen LogP contribution in [0.25, 0.3) is 0 Å². The Morgan fingerprint density at radius 3 is 2.27 bits per heavy atom. The van der Waals surface area contributed by atoms with Crippen LogP contribution in [0.3, 0.4) is 0 Å². The molecule has 4 atom stereocenters. The first-order valence-corrected chi connectivity index (χ1v) is 12.6. The van der Waals surface area contributed by atoms with E-state index < -0.39 is 53.7 Å². The number of hydrogen-bond donors (Lipinski definition) is 0. The summed E-state index contributed by atoms with van der Waals surface area (Å²) in [7, 11) is 0. The molecule has 3 heterocycles. The standard InChI is InChI=1S/C28H29N3O9/c1-17(32)37-16-23-25(38-18(2)33)26(39-19(3)34)27(40-23)30-12-10-24(35)31(28(30)36)15-22-14-21(9-11-29-22)13-20-7-5-4-6-8-20/h4-12,14,23,25-27H,13,15-16H2,1-3H3/t23-,25?,26?,27-/m1/s1. The molecule has 1 aliphatic rings. The topological polar surface area (TPSA) is 145 Å². The highest BCUT2D eigenvalue weighted by Gasteiger charge is 2.51. The van der Waals surface area contributed by atoms with Crippen LogP contribution in [0.2, 0.25) is 0 Å². The minimum Gasteiger partial charge on any atom is -0.463 e. The third-order valence-electron chi connectivity index (χ3n) is 6.16. The highest BCUT2D eigenvalue weighted by Crippen LogP contribution is 2.33. The summed E-state index contributed by atoms with van der Waals surface area (Å²) < 4.78 is 23.8. The summed E-state index contributed by atoms with van der Waals surface area (Å²) in [6.07, 6.45) is -1.32. The lowest BCUT2D eigenvalue weighted by Gasteiger charge is -2.24. The van der Waals surface area contributed by atoms with Crippen molar-refractivity contribution >= 4 is 17.9 Å². The van der Waals surface area contributed by atoms with Gasteiger partial charge in [0, 0.05) is 39.2 Å².